The fourth-order valence-corrected chi connectivity index (χ4v) is 3.45. The standard InChI is InChI=1S/C14H21FN4.ClH/c1-18-7-8-19(13-16-9-12(15)10-17-13)11-14(18)5-3-2-4-6-14;/h9-10H,2-8,11H2,1H3;1H. The molecule has 1 saturated heterocycles. The number of likely N-dealkylation sites (N-methyl/N-ethyl adjacent to an activating group) is 1. The van der Waals surface area contributed by atoms with Gasteiger partial charge in [0.15, 0.2) is 5.82 Å². The first-order valence-electron chi connectivity index (χ1n) is 7.13. The lowest BCUT2D eigenvalue weighted by atomic mass is 9.79. The van der Waals surface area contributed by atoms with E-state index in [0.717, 1.165) is 19.6 Å². The quantitative estimate of drug-likeness (QED) is 0.798. The molecule has 0 bridgehead atoms. The zero-order chi connectivity index (χ0) is 13.3. The van der Waals surface area contributed by atoms with E-state index in [1.807, 2.05) is 0 Å². The zero-order valence-electron chi connectivity index (χ0n) is 11.9. The molecule has 0 radical (unpaired) electrons. The number of hydrogen-bond donors (Lipinski definition) is 0. The summed E-state index contributed by atoms with van der Waals surface area (Å²) >= 11 is 0. The van der Waals surface area contributed by atoms with Crippen LogP contribution in [0, 0.1) is 5.82 Å². The van der Waals surface area contributed by atoms with Crippen LogP contribution in [0.3, 0.4) is 0 Å². The molecule has 1 aliphatic heterocycles. The first kappa shape index (κ1) is 15.4. The minimum absolute atomic E-state index is 0. The largest absolute Gasteiger partial charge is 0.338 e. The molecule has 1 aliphatic carbocycles. The topological polar surface area (TPSA) is 32.3 Å². The fourth-order valence-electron chi connectivity index (χ4n) is 3.45. The van der Waals surface area contributed by atoms with E-state index in [0.29, 0.717) is 5.95 Å². The third-order valence-corrected chi connectivity index (χ3v) is 4.67. The smallest absolute Gasteiger partial charge is 0.225 e. The van der Waals surface area contributed by atoms with E-state index in [2.05, 4.69) is 26.8 Å². The lowest BCUT2D eigenvalue weighted by molar-refractivity contribution is 0.0629. The summed E-state index contributed by atoms with van der Waals surface area (Å²) in [6.45, 7) is 2.92. The van der Waals surface area contributed by atoms with Crippen molar-refractivity contribution in [2.45, 2.75) is 37.6 Å². The summed E-state index contributed by atoms with van der Waals surface area (Å²) in [4.78, 5) is 13.0. The lowest BCUT2D eigenvalue weighted by Gasteiger charge is -2.51. The second-order valence-corrected chi connectivity index (χ2v) is 5.83. The van der Waals surface area contributed by atoms with Crippen molar-refractivity contribution in [3.05, 3.63) is 18.2 Å². The van der Waals surface area contributed by atoms with Gasteiger partial charge in [0.05, 0.1) is 12.4 Å². The minimum Gasteiger partial charge on any atom is -0.338 e. The number of hydrogen-bond acceptors (Lipinski definition) is 4. The average molecular weight is 301 g/mol. The highest BCUT2D eigenvalue weighted by Gasteiger charge is 2.40. The Bertz CT molecular complexity index is 433. The van der Waals surface area contributed by atoms with Gasteiger partial charge in [0.1, 0.15) is 0 Å². The first-order valence-corrected chi connectivity index (χ1v) is 7.13. The van der Waals surface area contributed by atoms with Crippen LogP contribution in [0.2, 0.25) is 0 Å². The molecule has 2 heterocycles. The van der Waals surface area contributed by atoms with Gasteiger partial charge >= 0.3 is 0 Å². The molecule has 1 saturated carbocycles. The lowest BCUT2D eigenvalue weighted by Crippen LogP contribution is -2.62. The van der Waals surface area contributed by atoms with Crippen molar-refractivity contribution in [2.24, 2.45) is 0 Å². The van der Waals surface area contributed by atoms with Crippen LogP contribution in [0.25, 0.3) is 0 Å². The molecule has 0 unspecified atom stereocenters. The van der Waals surface area contributed by atoms with Crippen LogP contribution in [0.1, 0.15) is 32.1 Å². The normalized spacial score (nSPS) is 22.6. The summed E-state index contributed by atoms with van der Waals surface area (Å²) in [5.41, 5.74) is 0.272. The van der Waals surface area contributed by atoms with Crippen LogP contribution < -0.4 is 4.90 Å². The summed E-state index contributed by atoms with van der Waals surface area (Å²) in [7, 11) is 2.23. The summed E-state index contributed by atoms with van der Waals surface area (Å²) < 4.78 is 12.9. The highest BCUT2D eigenvalue weighted by Crippen LogP contribution is 2.36. The van der Waals surface area contributed by atoms with Gasteiger partial charge < -0.3 is 4.90 Å². The van der Waals surface area contributed by atoms with E-state index in [1.54, 1.807) is 0 Å². The van der Waals surface area contributed by atoms with Gasteiger partial charge in [0.25, 0.3) is 0 Å². The first-order chi connectivity index (χ1) is 9.20. The van der Waals surface area contributed by atoms with Crippen LogP contribution >= 0.6 is 12.4 Å². The van der Waals surface area contributed by atoms with Gasteiger partial charge in [-0.3, -0.25) is 4.90 Å². The average Bonchev–Trinajstić information content (AvgIpc) is 2.44. The van der Waals surface area contributed by atoms with Crippen LogP contribution in [0.4, 0.5) is 10.3 Å². The monoisotopic (exact) mass is 300 g/mol. The van der Waals surface area contributed by atoms with Crippen molar-refractivity contribution in [2.75, 3.05) is 31.6 Å². The van der Waals surface area contributed by atoms with Gasteiger partial charge in [-0.05, 0) is 19.9 Å². The summed E-state index contributed by atoms with van der Waals surface area (Å²) in [5, 5.41) is 0. The number of nitrogens with zero attached hydrogens (tertiary/aromatic N) is 4. The van der Waals surface area contributed by atoms with Gasteiger partial charge in [0.2, 0.25) is 5.95 Å². The van der Waals surface area contributed by atoms with E-state index in [-0.39, 0.29) is 23.8 Å². The third-order valence-electron chi connectivity index (χ3n) is 4.67. The fraction of sp³-hybridized carbons (Fsp3) is 0.714. The molecular formula is C14H22ClFN4. The third kappa shape index (κ3) is 2.88. The second kappa shape index (κ2) is 6.22. The van der Waals surface area contributed by atoms with Gasteiger partial charge in [-0.2, -0.15) is 0 Å². The summed E-state index contributed by atoms with van der Waals surface area (Å²) in [6, 6.07) is 0. The van der Waals surface area contributed by atoms with E-state index in [4.69, 9.17) is 0 Å². The van der Waals surface area contributed by atoms with Crippen molar-refractivity contribution in [3.63, 3.8) is 0 Å². The molecule has 1 aromatic rings. The van der Waals surface area contributed by atoms with Gasteiger partial charge in [-0.1, -0.05) is 19.3 Å². The zero-order valence-corrected chi connectivity index (χ0v) is 12.7. The molecular weight excluding hydrogens is 279 g/mol. The van der Waals surface area contributed by atoms with Gasteiger partial charge in [-0.15, -0.1) is 12.4 Å². The SMILES string of the molecule is CN1CCN(c2ncc(F)cn2)CC12CCCCC2.Cl. The Kier molecular flexibility index (Phi) is 4.81. The molecule has 6 heteroatoms. The molecule has 0 aromatic carbocycles. The summed E-state index contributed by atoms with van der Waals surface area (Å²) in [6.07, 6.45) is 8.98. The maximum absolute atomic E-state index is 12.9. The molecule has 112 valence electrons. The number of halogens is 2. The molecule has 1 spiro atoms. The predicted octanol–water partition coefficient (Wildman–Crippen LogP) is 2.49. The highest BCUT2D eigenvalue weighted by molar-refractivity contribution is 5.85. The number of anilines is 1. The van der Waals surface area contributed by atoms with Gasteiger partial charge in [-0.25, -0.2) is 14.4 Å². The van der Waals surface area contributed by atoms with Crippen molar-refractivity contribution in [1.82, 2.24) is 14.9 Å². The Morgan fingerprint density at radius 1 is 1.10 bits per heavy atom. The van der Waals surface area contributed by atoms with Crippen LogP contribution in [-0.4, -0.2) is 47.1 Å². The molecule has 1 aromatic heterocycles. The van der Waals surface area contributed by atoms with Crippen molar-refractivity contribution >= 4 is 18.4 Å². The van der Waals surface area contributed by atoms with E-state index >= 15 is 0 Å². The molecule has 2 aliphatic rings. The Hall–Kier alpha value is -0.940. The molecule has 20 heavy (non-hydrogen) atoms. The Morgan fingerprint density at radius 2 is 1.75 bits per heavy atom. The van der Waals surface area contributed by atoms with Crippen molar-refractivity contribution in [1.29, 1.82) is 0 Å². The van der Waals surface area contributed by atoms with Crippen LogP contribution in [0.15, 0.2) is 12.4 Å². The highest BCUT2D eigenvalue weighted by atomic mass is 35.5. The molecule has 2 fully saturated rings. The molecule has 3 rings (SSSR count). The Labute approximate surface area is 125 Å². The van der Waals surface area contributed by atoms with Crippen LogP contribution in [0.5, 0.6) is 0 Å². The van der Waals surface area contributed by atoms with Crippen molar-refractivity contribution < 1.29 is 4.39 Å². The number of rotatable bonds is 1. The number of aromatic nitrogens is 2. The van der Waals surface area contributed by atoms with E-state index in [9.17, 15) is 4.39 Å². The van der Waals surface area contributed by atoms with Gasteiger partial charge in [0, 0.05) is 25.2 Å². The minimum atomic E-state index is -0.370. The number of piperazine rings is 1. The summed E-state index contributed by atoms with van der Waals surface area (Å²) in [5.74, 6) is 0.296. The molecule has 0 N–H and O–H groups in total. The molecule has 0 amide bonds. The molecule has 4 nitrogen and oxygen atoms in total. The van der Waals surface area contributed by atoms with E-state index < -0.39 is 0 Å². The van der Waals surface area contributed by atoms with Crippen LogP contribution in [-0.2, 0) is 0 Å². The molecule has 0 atom stereocenters. The maximum atomic E-state index is 12.9. The predicted molar refractivity (Wildman–Crippen MR) is 79.9 cm³/mol. The second-order valence-electron chi connectivity index (χ2n) is 5.83. The van der Waals surface area contributed by atoms with E-state index in [1.165, 1.54) is 44.5 Å². The Balaban J connectivity index is 0.00000147. The maximum Gasteiger partial charge on any atom is 0.225 e. The Morgan fingerprint density at radius 3 is 2.40 bits per heavy atom. The van der Waals surface area contributed by atoms with Crippen molar-refractivity contribution in [3.8, 4) is 0 Å².